The van der Waals surface area contributed by atoms with Crippen LogP contribution in [-0.4, -0.2) is 29.6 Å². The number of benzene rings is 3. The average Bonchev–Trinajstić information content (AvgIpc) is 3.26. The number of rotatable bonds is 8. The molecule has 0 saturated carbocycles. The van der Waals surface area contributed by atoms with Gasteiger partial charge in [-0.15, -0.1) is 0 Å². The van der Waals surface area contributed by atoms with Gasteiger partial charge in [-0.1, -0.05) is 54.1 Å². The smallest absolute Gasteiger partial charge is 0.255 e. The number of hydrogen-bond donors (Lipinski definition) is 2. The van der Waals surface area contributed by atoms with Crippen molar-refractivity contribution in [2.45, 2.75) is 13.5 Å². The number of carbonyl (C=O) groups excluding carboxylic acids is 1. The van der Waals surface area contributed by atoms with E-state index in [2.05, 4.69) is 15.3 Å². The third-order valence-corrected chi connectivity index (χ3v) is 5.31. The number of fused-ring (bicyclic) bond motifs is 1. The summed E-state index contributed by atoms with van der Waals surface area (Å²) in [6.07, 6.45) is 1.74. The van der Waals surface area contributed by atoms with Crippen LogP contribution >= 0.6 is 11.6 Å². The predicted molar refractivity (Wildman–Crippen MR) is 131 cm³/mol. The van der Waals surface area contributed by atoms with Crippen molar-refractivity contribution in [1.29, 1.82) is 0 Å². The van der Waals surface area contributed by atoms with Gasteiger partial charge in [-0.25, -0.2) is 4.98 Å². The van der Waals surface area contributed by atoms with Crippen molar-refractivity contribution in [2.75, 3.05) is 13.7 Å². The van der Waals surface area contributed by atoms with Crippen LogP contribution in [-0.2, 0) is 11.3 Å². The van der Waals surface area contributed by atoms with Gasteiger partial charge in [-0.2, -0.15) is 0 Å². The van der Waals surface area contributed by atoms with Gasteiger partial charge in [-0.05, 0) is 48.4 Å². The Morgan fingerprint density at radius 1 is 1.12 bits per heavy atom. The number of nitrogens with zero attached hydrogens (tertiary/aromatic N) is 1. The zero-order valence-corrected chi connectivity index (χ0v) is 19.1. The largest absolute Gasteiger partial charge is 0.491 e. The molecule has 3 aromatic carbocycles. The zero-order valence-electron chi connectivity index (χ0n) is 18.4. The molecular formula is C26H24ClN3O3. The lowest BCUT2D eigenvalue weighted by atomic mass is 10.1. The van der Waals surface area contributed by atoms with Gasteiger partial charge in [0, 0.05) is 6.54 Å². The van der Waals surface area contributed by atoms with Crippen molar-refractivity contribution in [1.82, 2.24) is 15.3 Å². The van der Waals surface area contributed by atoms with Crippen LogP contribution in [0.25, 0.3) is 22.7 Å². The number of aromatic amines is 1. The maximum atomic E-state index is 13.3. The van der Waals surface area contributed by atoms with Gasteiger partial charge in [0.2, 0.25) is 0 Å². The minimum absolute atomic E-state index is 0.261. The molecule has 0 spiro atoms. The summed E-state index contributed by atoms with van der Waals surface area (Å²) in [5, 5.41) is 3.37. The Balaban J connectivity index is 1.75. The normalized spacial score (nSPS) is 11.4. The number of nitrogens with one attached hydrogen (secondary N) is 2. The van der Waals surface area contributed by atoms with Crippen LogP contribution in [0.1, 0.15) is 23.9 Å². The van der Waals surface area contributed by atoms with Crippen LogP contribution in [0.2, 0.25) is 5.02 Å². The highest BCUT2D eigenvalue weighted by Gasteiger charge is 2.18. The third-order valence-electron chi connectivity index (χ3n) is 5.03. The Morgan fingerprint density at radius 3 is 2.61 bits per heavy atom. The SMILES string of the molecule is CCOc1cc(/C=C(/C(=O)NCc2ccccc2)c2nc3ccccc3[nH]2)cc(Cl)c1OC. The van der Waals surface area contributed by atoms with Crippen LogP contribution < -0.4 is 14.8 Å². The van der Waals surface area contributed by atoms with Crippen LogP contribution in [0, 0.1) is 0 Å². The molecular weight excluding hydrogens is 438 g/mol. The number of imidazole rings is 1. The number of H-pyrrole nitrogens is 1. The molecule has 0 aliphatic heterocycles. The second-order valence-electron chi connectivity index (χ2n) is 7.30. The van der Waals surface area contributed by atoms with Gasteiger partial charge in [0.25, 0.3) is 5.91 Å². The molecule has 0 saturated heterocycles. The van der Waals surface area contributed by atoms with E-state index in [-0.39, 0.29) is 5.91 Å². The molecule has 0 aliphatic rings. The van der Waals surface area contributed by atoms with E-state index in [4.69, 9.17) is 21.1 Å². The van der Waals surface area contributed by atoms with Crippen molar-refractivity contribution < 1.29 is 14.3 Å². The Bertz CT molecular complexity index is 1270. The van der Waals surface area contributed by atoms with Crippen molar-refractivity contribution in [3.8, 4) is 11.5 Å². The highest BCUT2D eigenvalue weighted by Crippen LogP contribution is 2.37. The molecule has 1 amide bonds. The fourth-order valence-electron chi connectivity index (χ4n) is 3.49. The minimum Gasteiger partial charge on any atom is -0.491 e. The number of ether oxygens (including phenoxy) is 2. The Kier molecular flexibility index (Phi) is 6.95. The summed E-state index contributed by atoms with van der Waals surface area (Å²) < 4.78 is 11.1. The second kappa shape index (κ2) is 10.2. The molecule has 2 N–H and O–H groups in total. The van der Waals surface area contributed by atoms with E-state index in [1.165, 1.54) is 7.11 Å². The summed E-state index contributed by atoms with van der Waals surface area (Å²) in [6.45, 7) is 2.73. The van der Waals surface area contributed by atoms with E-state index in [1.54, 1.807) is 18.2 Å². The van der Waals surface area contributed by atoms with Gasteiger partial charge in [0.1, 0.15) is 5.82 Å². The van der Waals surface area contributed by atoms with Crippen LogP contribution in [0.4, 0.5) is 0 Å². The Morgan fingerprint density at radius 2 is 1.88 bits per heavy atom. The highest BCUT2D eigenvalue weighted by molar-refractivity contribution is 6.32. The van der Waals surface area contributed by atoms with E-state index in [0.29, 0.717) is 46.6 Å². The lowest BCUT2D eigenvalue weighted by molar-refractivity contribution is -0.115. The number of halogens is 1. The van der Waals surface area contributed by atoms with Crippen molar-refractivity contribution >= 4 is 40.2 Å². The number of amides is 1. The summed E-state index contributed by atoms with van der Waals surface area (Å²) >= 11 is 6.43. The quantitative estimate of drug-likeness (QED) is 0.340. The fourth-order valence-corrected chi connectivity index (χ4v) is 3.79. The lowest BCUT2D eigenvalue weighted by Gasteiger charge is -2.13. The molecule has 168 valence electrons. The maximum absolute atomic E-state index is 13.3. The molecule has 0 fully saturated rings. The summed E-state index contributed by atoms with van der Waals surface area (Å²) in [4.78, 5) is 21.2. The molecule has 0 atom stereocenters. The lowest BCUT2D eigenvalue weighted by Crippen LogP contribution is -2.24. The Labute approximate surface area is 197 Å². The molecule has 0 aliphatic carbocycles. The van der Waals surface area contributed by atoms with Crippen LogP contribution in [0.5, 0.6) is 11.5 Å². The van der Waals surface area contributed by atoms with E-state index >= 15 is 0 Å². The summed E-state index contributed by atoms with van der Waals surface area (Å²) in [5.41, 5.74) is 3.69. The first-order valence-electron chi connectivity index (χ1n) is 10.6. The predicted octanol–water partition coefficient (Wildman–Crippen LogP) is 5.48. The number of methoxy groups -OCH3 is 1. The zero-order chi connectivity index (χ0) is 23.2. The van der Waals surface area contributed by atoms with E-state index in [0.717, 1.165) is 16.6 Å². The van der Waals surface area contributed by atoms with Crippen LogP contribution in [0.15, 0.2) is 66.7 Å². The number of para-hydroxylation sites is 2. The molecule has 4 rings (SSSR count). The average molecular weight is 462 g/mol. The van der Waals surface area contributed by atoms with E-state index < -0.39 is 0 Å². The summed E-state index contributed by atoms with van der Waals surface area (Å²) in [6, 6.07) is 20.9. The number of carbonyl (C=O) groups is 1. The molecule has 1 heterocycles. The van der Waals surface area contributed by atoms with E-state index in [9.17, 15) is 4.79 Å². The molecule has 0 radical (unpaired) electrons. The summed E-state index contributed by atoms with van der Waals surface area (Å²) in [7, 11) is 1.54. The van der Waals surface area contributed by atoms with Crippen molar-refractivity contribution in [2.24, 2.45) is 0 Å². The van der Waals surface area contributed by atoms with Gasteiger partial charge in [0.05, 0.1) is 35.3 Å². The minimum atomic E-state index is -0.261. The Hall–Kier alpha value is -3.77. The molecule has 0 unspecified atom stereocenters. The van der Waals surface area contributed by atoms with Crippen molar-refractivity contribution in [3.05, 3.63) is 88.7 Å². The number of aromatic nitrogens is 2. The third kappa shape index (κ3) is 5.18. The first-order valence-corrected chi connectivity index (χ1v) is 11.0. The van der Waals surface area contributed by atoms with Crippen molar-refractivity contribution in [3.63, 3.8) is 0 Å². The maximum Gasteiger partial charge on any atom is 0.255 e. The molecule has 1 aromatic heterocycles. The highest BCUT2D eigenvalue weighted by atomic mass is 35.5. The van der Waals surface area contributed by atoms with Gasteiger partial charge < -0.3 is 19.8 Å². The molecule has 0 bridgehead atoms. The second-order valence-corrected chi connectivity index (χ2v) is 7.70. The molecule has 4 aromatic rings. The first-order chi connectivity index (χ1) is 16.1. The summed E-state index contributed by atoms with van der Waals surface area (Å²) in [5.74, 6) is 1.16. The standard InChI is InChI=1S/C26H24ClN3O3/c1-3-33-23-15-18(14-20(27)24(23)32-2)13-19(25-29-21-11-7-8-12-22(21)30-25)26(31)28-16-17-9-5-4-6-10-17/h4-15H,3,16H2,1-2H3,(H,28,31)(H,29,30)/b19-13+. The molecule has 33 heavy (non-hydrogen) atoms. The van der Waals surface area contributed by atoms with Gasteiger partial charge >= 0.3 is 0 Å². The fraction of sp³-hybridized carbons (Fsp3) is 0.154. The monoisotopic (exact) mass is 461 g/mol. The molecule has 7 heteroatoms. The van der Waals surface area contributed by atoms with Gasteiger partial charge in [-0.3, -0.25) is 4.79 Å². The molecule has 6 nitrogen and oxygen atoms in total. The van der Waals surface area contributed by atoms with Gasteiger partial charge in [0.15, 0.2) is 11.5 Å². The van der Waals surface area contributed by atoms with E-state index in [1.807, 2.05) is 61.5 Å². The first kappa shape index (κ1) is 22.4. The topological polar surface area (TPSA) is 76.2 Å². The van der Waals surface area contributed by atoms with Crippen LogP contribution in [0.3, 0.4) is 0 Å². The number of hydrogen-bond acceptors (Lipinski definition) is 4.